The first-order valence-electron chi connectivity index (χ1n) is 5.76. The first kappa shape index (κ1) is 13.7. The fourth-order valence-electron chi connectivity index (χ4n) is 1.95. The summed E-state index contributed by atoms with van der Waals surface area (Å²) in [6.07, 6.45) is 0. The van der Waals surface area contributed by atoms with Crippen molar-refractivity contribution in [2.75, 3.05) is 12.4 Å². The third-order valence-corrected chi connectivity index (χ3v) is 3.26. The number of imide groups is 1. The smallest absolute Gasteiger partial charge is 0.261 e. The molecule has 0 radical (unpaired) electrons. The van der Waals surface area contributed by atoms with Gasteiger partial charge in [0, 0.05) is 12.7 Å². The van der Waals surface area contributed by atoms with Crippen molar-refractivity contribution in [2.45, 2.75) is 0 Å². The van der Waals surface area contributed by atoms with E-state index in [-0.39, 0.29) is 28.3 Å². The number of nitrogens with one attached hydrogen (secondary N) is 1. The molecule has 0 aliphatic carbocycles. The molecule has 0 unspecified atom stereocenters. The number of carbonyl (C=O) groups is 2. The Labute approximate surface area is 128 Å². The van der Waals surface area contributed by atoms with Gasteiger partial charge in [-0.3, -0.25) is 14.5 Å². The number of halogens is 2. The number of carbonyl (C=O) groups excluding carboxylic acids is 2. The van der Waals surface area contributed by atoms with Gasteiger partial charge in [-0.1, -0.05) is 0 Å². The second-order valence-electron chi connectivity index (χ2n) is 4.25. The first-order chi connectivity index (χ1) is 9.95. The summed E-state index contributed by atoms with van der Waals surface area (Å²) in [6.45, 7) is 0. The van der Waals surface area contributed by atoms with Gasteiger partial charge in [0.15, 0.2) is 0 Å². The summed E-state index contributed by atoms with van der Waals surface area (Å²) < 4.78 is 0. The maximum Gasteiger partial charge on any atom is 0.261 e. The standard InChI is InChI=1S/C12H7Cl2N5O2/c1-19-8(20)6-3-2-5(4-7(6)9(19)21)15-12-17-10(13)16-11(14)18-12/h2-4H,1H3,(H,15,16,17,18). The van der Waals surface area contributed by atoms with Crippen molar-refractivity contribution in [3.8, 4) is 0 Å². The van der Waals surface area contributed by atoms with Crippen LogP contribution in [0.3, 0.4) is 0 Å². The molecule has 9 heteroatoms. The van der Waals surface area contributed by atoms with Gasteiger partial charge < -0.3 is 5.32 Å². The molecular weight excluding hydrogens is 317 g/mol. The lowest BCUT2D eigenvalue weighted by atomic mass is 10.1. The van der Waals surface area contributed by atoms with Crippen LogP contribution in [0.2, 0.25) is 10.6 Å². The molecule has 3 rings (SSSR count). The number of rotatable bonds is 2. The molecule has 1 N–H and O–H groups in total. The first-order valence-corrected chi connectivity index (χ1v) is 6.52. The number of hydrogen-bond donors (Lipinski definition) is 1. The van der Waals surface area contributed by atoms with Crippen LogP contribution in [0.5, 0.6) is 0 Å². The molecule has 1 aromatic carbocycles. The van der Waals surface area contributed by atoms with Gasteiger partial charge in [-0.25, -0.2) is 0 Å². The summed E-state index contributed by atoms with van der Waals surface area (Å²) >= 11 is 11.4. The summed E-state index contributed by atoms with van der Waals surface area (Å²) in [5, 5.41) is 2.75. The Balaban J connectivity index is 1.95. The Bertz CT molecular complexity index is 760. The highest BCUT2D eigenvalue weighted by atomic mass is 35.5. The Morgan fingerprint density at radius 3 is 2.29 bits per heavy atom. The van der Waals surface area contributed by atoms with Gasteiger partial charge in [-0.15, -0.1) is 0 Å². The molecular formula is C12H7Cl2N5O2. The van der Waals surface area contributed by atoms with E-state index in [0.29, 0.717) is 16.8 Å². The van der Waals surface area contributed by atoms with E-state index in [4.69, 9.17) is 23.2 Å². The highest BCUT2D eigenvalue weighted by Crippen LogP contribution is 2.26. The van der Waals surface area contributed by atoms with Gasteiger partial charge >= 0.3 is 0 Å². The molecule has 2 amide bonds. The van der Waals surface area contributed by atoms with E-state index in [9.17, 15) is 9.59 Å². The largest absolute Gasteiger partial charge is 0.324 e. The summed E-state index contributed by atoms with van der Waals surface area (Å²) in [5.74, 6) is -0.539. The predicted molar refractivity (Wildman–Crippen MR) is 76.0 cm³/mol. The number of aromatic nitrogens is 3. The summed E-state index contributed by atoms with van der Waals surface area (Å²) in [6, 6.07) is 4.74. The summed E-state index contributed by atoms with van der Waals surface area (Å²) in [7, 11) is 1.43. The molecule has 2 heterocycles. The number of amides is 2. The average molecular weight is 324 g/mol. The highest BCUT2D eigenvalue weighted by molar-refractivity contribution is 6.31. The normalized spacial score (nSPS) is 13.6. The number of fused-ring (bicyclic) bond motifs is 1. The van der Waals surface area contributed by atoms with Crippen LogP contribution in [-0.4, -0.2) is 38.7 Å². The predicted octanol–water partition coefficient (Wildman–Crippen LogP) is 2.15. The van der Waals surface area contributed by atoms with Crippen LogP contribution in [0.25, 0.3) is 0 Å². The molecule has 0 spiro atoms. The van der Waals surface area contributed by atoms with Crippen LogP contribution in [0, 0.1) is 0 Å². The Hall–Kier alpha value is -2.25. The van der Waals surface area contributed by atoms with Crippen LogP contribution < -0.4 is 5.32 Å². The van der Waals surface area contributed by atoms with Crippen LogP contribution in [0.15, 0.2) is 18.2 Å². The number of anilines is 2. The minimum absolute atomic E-state index is 0.0513. The third kappa shape index (κ3) is 2.41. The van der Waals surface area contributed by atoms with Crippen molar-refractivity contribution in [2.24, 2.45) is 0 Å². The number of hydrogen-bond acceptors (Lipinski definition) is 6. The minimum Gasteiger partial charge on any atom is -0.324 e. The molecule has 0 bridgehead atoms. The van der Waals surface area contributed by atoms with E-state index in [0.717, 1.165) is 4.90 Å². The quantitative estimate of drug-likeness (QED) is 0.852. The second-order valence-corrected chi connectivity index (χ2v) is 4.93. The molecule has 106 valence electrons. The van der Waals surface area contributed by atoms with Crippen LogP contribution in [0.4, 0.5) is 11.6 Å². The number of nitrogens with zero attached hydrogens (tertiary/aromatic N) is 4. The maximum absolute atomic E-state index is 11.9. The molecule has 0 saturated carbocycles. The van der Waals surface area contributed by atoms with Crippen molar-refractivity contribution in [1.29, 1.82) is 0 Å². The van der Waals surface area contributed by atoms with Gasteiger partial charge in [0.05, 0.1) is 11.1 Å². The highest BCUT2D eigenvalue weighted by Gasteiger charge is 2.32. The molecule has 1 aliphatic heterocycles. The zero-order valence-electron chi connectivity index (χ0n) is 10.6. The molecule has 2 aromatic rings. The van der Waals surface area contributed by atoms with Gasteiger partial charge in [0.1, 0.15) is 0 Å². The molecule has 1 aromatic heterocycles. The van der Waals surface area contributed by atoms with E-state index in [1.165, 1.54) is 7.05 Å². The maximum atomic E-state index is 11.9. The SMILES string of the molecule is CN1C(=O)c2ccc(Nc3nc(Cl)nc(Cl)n3)cc2C1=O. The fraction of sp³-hybridized carbons (Fsp3) is 0.0833. The molecule has 21 heavy (non-hydrogen) atoms. The van der Waals surface area contributed by atoms with Crippen LogP contribution >= 0.6 is 23.2 Å². The number of benzene rings is 1. The summed E-state index contributed by atoms with van der Waals surface area (Å²) in [5.41, 5.74) is 1.21. The molecule has 0 saturated heterocycles. The Morgan fingerprint density at radius 1 is 1.00 bits per heavy atom. The monoisotopic (exact) mass is 323 g/mol. The lowest BCUT2D eigenvalue weighted by molar-refractivity contribution is 0.0693. The Kier molecular flexibility index (Phi) is 3.23. The van der Waals surface area contributed by atoms with Gasteiger partial charge in [-0.05, 0) is 41.4 Å². The van der Waals surface area contributed by atoms with E-state index in [1.54, 1.807) is 18.2 Å². The Morgan fingerprint density at radius 2 is 1.62 bits per heavy atom. The van der Waals surface area contributed by atoms with E-state index >= 15 is 0 Å². The lowest BCUT2D eigenvalue weighted by Crippen LogP contribution is -2.24. The summed E-state index contributed by atoms with van der Waals surface area (Å²) in [4.78, 5) is 36.1. The van der Waals surface area contributed by atoms with E-state index in [2.05, 4.69) is 20.3 Å². The second kappa shape index (κ2) is 4.94. The topological polar surface area (TPSA) is 88.1 Å². The van der Waals surface area contributed by atoms with E-state index < -0.39 is 0 Å². The molecule has 1 aliphatic rings. The van der Waals surface area contributed by atoms with Crippen LogP contribution in [0.1, 0.15) is 20.7 Å². The van der Waals surface area contributed by atoms with Crippen LogP contribution in [-0.2, 0) is 0 Å². The minimum atomic E-state index is -0.356. The lowest BCUT2D eigenvalue weighted by Gasteiger charge is -2.06. The average Bonchev–Trinajstić information content (AvgIpc) is 2.63. The zero-order chi connectivity index (χ0) is 15.1. The fourth-order valence-corrected chi connectivity index (χ4v) is 2.31. The third-order valence-electron chi connectivity index (χ3n) is 2.93. The van der Waals surface area contributed by atoms with E-state index in [1.807, 2.05) is 0 Å². The van der Waals surface area contributed by atoms with Crippen molar-refractivity contribution in [1.82, 2.24) is 19.9 Å². The van der Waals surface area contributed by atoms with Crippen molar-refractivity contribution in [3.63, 3.8) is 0 Å². The van der Waals surface area contributed by atoms with Crippen molar-refractivity contribution < 1.29 is 9.59 Å². The van der Waals surface area contributed by atoms with Crippen molar-refractivity contribution in [3.05, 3.63) is 39.9 Å². The van der Waals surface area contributed by atoms with Gasteiger partial charge in [0.25, 0.3) is 11.8 Å². The van der Waals surface area contributed by atoms with Gasteiger partial charge in [0.2, 0.25) is 16.5 Å². The zero-order valence-corrected chi connectivity index (χ0v) is 12.1. The molecule has 7 nitrogen and oxygen atoms in total. The van der Waals surface area contributed by atoms with Gasteiger partial charge in [-0.2, -0.15) is 15.0 Å². The van der Waals surface area contributed by atoms with Crippen molar-refractivity contribution >= 4 is 46.7 Å². The molecule has 0 fully saturated rings. The molecule has 0 atom stereocenters.